The maximum Gasteiger partial charge on any atom is 0.136 e. The van der Waals surface area contributed by atoms with Gasteiger partial charge in [-0.25, -0.2) is 0 Å². The Hall–Kier alpha value is -3.35. The zero-order valence-electron chi connectivity index (χ0n) is 17.1. The molecule has 2 heterocycles. The Balaban J connectivity index is 1.42. The van der Waals surface area contributed by atoms with E-state index in [1.165, 1.54) is 16.7 Å². The first-order valence-corrected chi connectivity index (χ1v) is 10.5. The minimum atomic E-state index is 0.671. The molecule has 0 N–H and O–H groups in total. The molecule has 3 aromatic carbocycles. The predicted octanol–water partition coefficient (Wildman–Crippen LogP) is 6.01. The monoisotopic (exact) mass is 392 g/mol. The zero-order valence-corrected chi connectivity index (χ0v) is 17.1. The standard InChI is InChI=1S/C27H24N2O/c1-19-16-29(17-19)18-22-7-9-25(24(13-22)15-28)27-14-23-12-21(8-10-26(23)30-27)11-20-5-3-2-4-6-20/h2-10,12-14,19H,11,16-18H2,1H3. The summed E-state index contributed by atoms with van der Waals surface area (Å²) in [5.41, 5.74) is 6.11. The molecule has 1 saturated heterocycles. The van der Waals surface area contributed by atoms with Crippen molar-refractivity contribution in [2.75, 3.05) is 13.1 Å². The lowest BCUT2D eigenvalue weighted by atomic mass is 9.99. The molecule has 1 fully saturated rings. The zero-order chi connectivity index (χ0) is 20.5. The van der Waals surface area contributed by atoms with Gasteiger partial charge in [-0.1, -0.05) is 49.4 Å². The number of furan rings is 1. The topological polar surface area (TPSA) is 40.2 Å². The Kier molecular flexibility index (Phi) is 4.86. The third-order valence-electron chi connectivity index (χ3n) is 5.85. The van der Waals surface area contributed by atoms with E-state index in [1.54, 1.807) is 0 Å². The van der Waals surface area contributed by atoms with Crippen molar-refractivity contribution in [3.8, 4) is 17.4 Å². The lowest BCUT2D eigenvalue weighted by molar-refractivity contribution is 0.105. The molecule has 1 aliphatic heterocycles. The van der Waals surface area contributed by atoms with Crippen molar-refractivity contribution in [2.24, 2.45) is 5.92 Å². The molecule has 0 spiro atoms. The molecule has 0 bridgehead atoms. The number of hydrogen-bond acceptors (Lipinski definition) is 3. The summed E-state index contributed by atoms with van der Waals surface area (Å²) in [6.07, 6.45) is 0.893. The van der Waals surface area contributed by atoms with E-state index >= 15 is 0 Å². The average molecular weight is 393 g/mol. The van der Waals surface area contributed by atoms with Gasteiger partial charge in [-0.3, -0.25) is 4.90 Å². The molecule has 5 rings (SSSR count). The molecule has 0 saturated carbocycles. The van der Waals surface area contributed by atoms with Crippen LogP contribution in [0.4, 0.5) is 0 Å². The van der Waals surface area contributed by atoms with E-state index in [1.807, 2.05) is 24.3 Å². The summed E-state index contributed by atoms with van der Waals surface area (Å²) in [5, 5.41) is 10.8. The van der Waals surface area contributed by atoms with Crippen molar-refractivity contribution in [1.82, 2.24) is 4.90 Å². The lowest BCUT2D eigenvalue weighted by Crippen LogP contribution is -2.44. The Bertz CT molecular complexity index is 1230. The van der Waals surface area contributed by atoms with Crippen molar-refractivity contribution in [2.45, 2.75) is 19.9 Å². The van der Waals surface area contributed by atoms with Gasteiger partial charge in [0.05, 0.1) is 11.6 Å². The first kappa shape index (κ1) is 18.7. The molecule has 30 heavy (non-hydrogen) atoms. The fourth-order valence-electron chi connectivity index (χ4n) is 4.38. The van der Waals surface area contributed by atoms with Crippen molar-refractivity contribution >= 4 is 11.0 Å². The van der Waals surface area contributed by atoms with Gasteiger partial charge in [-0.05, 0) is 59.4 Å². The average Bonchev–Trinajstić information content (AvgIpc) is 3.16. The maximum absolute atomic E-state index is 9.73. The SMILES string of the molecule is CC1CN(Cc2ccc(-c3cc4cc(Cc5ccccc5)ccc4o3)c(C#N)c2)C1. The molecular weight excluding hydrogens is 368 g/mol. The van der Waals surface area contributed by atoms with Crippen LogP contribution in [0.15, 0.2) is 77.2 Å². The van der Waals surface area contributed by atoms with Crippen LogP contribution in [-0.2, 0) is 13.0 Å². The number of likely N-dealkylation sites (tertiary alicyclic amines) is 1. The molecule has 4 aromatic rings. The van der Waals surface area contributed by atoms with E-state index in [9.17, 15) is 5.26 Å². The highest BCUT2D eigenvalue weighted by Crippen LogP contribution is 2.32. The highest BCUT2D eigenvalue weighted by atomic mass is 16.3. The Morgan fingerprint density at radius 2 is 1.73 bits per heavy atom. The fourth-order valence-corrected chi connectivity index (χ4v) is 4.38. The lowest BCUT2D eigenvalue weighted by Gasteiger charge is -2.37. The summed E-state index contributed by atoms with van der Waals surface area (Å²) in [7, 11) is 0. The van der Waals surface area contributed by atoms with Crippen molar-refractivity contribution < 1.29 is 4.42 Å². The summed E-state index contributed by atoms with van der Waals surface area (Å²) in [6, 6.07) is 27.4. The molecule has 0 amide bonds. The second-order valence-corrected chi connectivity index (χ2v) is 8.44. The highest BCUT2D eigenvalue weighted by Gasteiger charge is 2.22. The van der Waals surface area contributed by atoms with Crippen LogP contribution in [0.3, 0.4) is 0 Å². The Labute approximate surface area is 177 Å². The third-order valence-corrected chi connectivity index (χ3v) is 5.85. The van der Waals surface area contributed by atoms with Crippen molar-refractivity contribution in [1.29, 1.82) is 5.26 Å². The second kappa shape index (κ2) is 7.82. The van der Waals surface area contributed by atoms with Gasteiger partial charge in [0.2, 0.25) is 0 Å². The summed E-state index contributed by atoms with van der Waals surface area (Å²) < 4.78 is 6.11. The Morgan fingerprint density at radius 3 is 2.50 bits per heavy atom. The van der Waals surface area contributed by atoms with Crippen LogP contribution in [0.2, 0.25) is 0 Å². The molecule has 3 nitrogen and oxygen atoms in total. The van der Waals surface area contributed by atoms with Gasteiger partial charge in [0.25, 0.3) is 0 Å². The number of benzene rings is 3. The van der Waals surface area contributed by atoms with Gasteiger partial charge in [0.1, 0.15) is 11.3 Å². The van der Waals surface area contributed by atoms with E-state index in [4.69, 9.17) is 4.42 Å². The van der Waals surface area contributed by atoms with Gasteiger partial charge >= 0.3 is 0 Å². The fraction of sp³-hybridized carbons (Fsp3) is 0.222. The van der Waals surface area contributed by atoms with Gasteiger partial charge in [0, 0.05) is 30.6 Å². The number of nitrogens with zero attached hydrogens (tertiary/aromatic N) is 2. The molecule has 3 heteroatoms. The van der Waals surface area contributed by atoms with E-state index in [-0.39, 0.29) is 0 Å². The molecular formula is C27H24N2O. The minimum absolute atomic E-state index is 0.671. The first-order valence-electron chi connectivity index (χ1n) is 10.5. The predicted molar refractivity (Wildman–Crippen MR) is 120 cm³/mol. The largest absolute Gasteiger partial charge is 0.456 e. The van der Waals surface area contributed by atoms with Gasteiger partial charge < -0.3 is 4.42 Å². The van der Waals surface area contributed by atoms with Crippen molar-refractivity contribution in [3.05, 3.63) is 95.1 Å². The van der Waals surface area contributed by atoms with E-state index < -0.39 is 0 Å². The second-order valence-electron chi connectivity index (χ2n) is 8.44. The maximum atomic E-state index is 9.73. The van der Waals surface area contributed by atoms with E-state index in [0.717, 1.165) is 54.3 Å². The summed E-state index contributed by atoms with van der Waals surface area (Å²) in [6.45, 7) is 5.45. The molecule has 0 unspecified atom stereocenters. The van der Waals surface area contributed by atoms with Crippen LogP contribution < -0.4 is 0 Å². The molecule has 1 aromatic heterocycles. The third kappa shape index (κ3) is 3.75. The van der Waals surface area contributed by atoms with Gasteiger partial charge in [-0.15, -0.1) is 0 Å². The minimum Gasteiger partial charge on any atom is -0.456 e. The number of hydrogen-bond donors (Lipinski definition) is 0. The molecule has 0 atom stereocenters. The van der Waals surface area contributed by atoms with Gasteiger partial charge in [0.15, 0.2) is 0 Å². The molecule has 0 aliphatic carbocycles. The summed E-state index contributed by atoms with van der Waals surface area (Å²) in [5.74, 6) is 1.53. The van der Waals surface area contributed by atoms with Crippen LogP contribution in [0.1, 0.15) is 29.2 Å². The first-order chi connectivity index (χ1) is 14.7. The summed E-state index contributed by atoms with van der Waals surface area (Å²) in [4.78, 5) is 2.41. The molecule has 1 aliphatic rings. The van der Waals surface area contributed by atoms with Crippen LogP contribution in [0, 0.1) is 17.2 Å². The van der Waals surface area contributed by atoms with Crippen LogP contribution in [0.25, 0.3) is 22.3 Å². The van der Waals surface area contributed by atoms with Gasteiger partial charge in [-0.2, -0.15) is 5.26 Å². The van der Waals surface area contributed by atoms with E-state index in [2.05, 4.69) is 66.4 Å². The quantitative estimate of drug-likeness (QED) is 0.417. The number of fused-ring (bicyclic) bond motifs is 1. The van der Waals surface area contributed by atoms with Crippen LogP contribution >= 0.6 is 0 Å². The highest BCUT2D eigenvalue weighted by molar-refractivity contribution is 5.84. The van der Waals surface area contributed by atoms with Crippen LogP contribution in [-0.4, -0.2) is 18.0 Å². The molecule has 148 valence electrons. The Morgan fingerprint density at radius 1 is 0.933 bits per heavy atom. The number of rotatable bonds is 5. The molecule has 0 radical (unpaired) electrons. The summed E-state index contributed by atoms with van der Waals surface area (Å²) >= 11 is 0. The normalized spacial score (nSPS) is 14.5. The van der Waals surface area contributed by atoms with Crippen molar-refractivity contribution in [3.63, 3.8) is 0 Å². The van der Waals surface area contributed by atoms with Crippen LogP contribution in [0.5, 0.6) is 0 Å². The number of nitriles is 1. The smallest absolute Gasteiger partial charge is 0.136 e. The van der Waals surface area contributed by atoms with E-state index in [0.29, 0.717) is 5.56 Å².